The molecular formula is C29H54O4. The van der Waals surface area contributed by atoms with Gasteiger partial charge in [-0.25, -0.2) is 0 Å². The van der Waals surface area contributed by atoms with Gasteiger partial charge in [-0.05, 0) is 44.9 Å². The van der Waals surface area contributed by atoms with E-state index in [-0.39, 0.29) is 23.9 Å². The van der Waals surface area contributed by atoms with Crippen LogP contribution in [-0.4, -0.2) is 23.1 Å². The highest BCUT2D eigenvalue weighted by molar-refractivity contribution is 5.75. The van der Waals surface area contributed by atoms with Gasteiger partial charge in [0, 0.05) is 0 Å². The summed E-state index contributed by atoms with van der Waals surface area (Å²) >= 11 is 0. The number of esters is 1. The highest BCUT2D eigenvalue weighted by atomic mass is 16.5. The molecule has 1 saturated carbocycles. The third kappa shape index (κ3) is 15.5. The molecule has 0 bridgehead atoms. The lowest BCUT2D eigenvalue weighted by Gasteiger charge is -2.27. The van der Waals surface area contributed by atoms with Gasteiger partial charge in [0.1, 0.15) is 6.10 Å². The lowest BCUT2D eigenvalue weighted by molar-refractivity contribution is -0.158. The van der Waals surface area contributed by atoms with Gasteiger partial charge in [0.15, 0.2) is 0 Å². The number of rotatable bonds is 21. The molecule has 1 fully saturated rings. The average Bonchev–Trinajstić information content (AvgIpc) is 2.82. The standard InChI is InChI=1S/C29H54O4/c1-3-5-7-9-11-12-13-14-16-18-23-27(22-17-15-10-8-6-4-2)33-29(32)26-21-19-20-25(24-26)28(30)31/h25-27H,3-24H2,1-2H3,(H,30,31). The van der Waals surface area contributed by atoms with E-state index in [1.165, 1.54) is 89.9 Å². The molecule has 0 heterocycles. The predicted octanol–water partition coefficient (Wildman–Crippen LogP) is 8.85. The lowest BCUT2D eigenvalue weighted by atomic mass is 9.81. The maximum atomic E-state index is 12.8. The van der Waals surface area contributed by atoms with Gasteiger partial charge in [-0.2, -0.15) is 0 Å². The van der Waals surface area contributed by atoms with E-state index in [9.17, 15) is 14.7 Å². The number of carbonyl (C=O) groups excluding carboxylic acids is 1. The molecule has 1 aliphatic carbocycles. The van der Waals surface area contributed by atoms with Gasteiger partial charge in [-0.3, -0.25) is 9.59 Å². The fourth-order valence-electron chi connectivity index (χ4n) is 5.16. The number of unbranched alkanes of at least 4 members (excludes halogenated alkanes) is 14. The van der Waals surface area contributed by atoms with E-state index < -0.39 is 5.97 Å². The maximum Gasteiger partial charge on any atom is 0.309 e. The van der Waals surface area contributed by atoms with Crippen molar-refractivity contribution in [2.45, 2.75) is 161 Å². The second-order valence-electron chi connectivity index (χ2n) is 10.5. The van der Waals surface area contributed by atoms with Crippen LogP contribution in [0.4, 0.5) is 0 Å². The molecule has 3 atom stereocenters. The van der Waals surface area contributed by atoms with Crippen molar-refractivity contribution in [3.05, 3.63) is 0 Å². The van der Waals surface area contributed by atoms with E-state index in [2.05, 4.69) is 13.8 Å². The summed E-state index contributed by atoms with van der Waals surface area (Å²) in [5.41, 5.74) is 0. The van der Waals surface area contributed by atoms with Gasteiger partial charge >= 0.3 is 11.9 Å². The molecule has 1 aliphatic rings. The first-order valence-corrected chi connectivity index (χ1v) is 14.5. The largest absolute Gasteiger partial charge is 0.481 e. The van der Waals surface area contributed by atoms with Gasteiger partial charge in [0.05, 0.1) is 11.8 Å². The Morgan fingerprint density at radius 1 is 0.697 bits per heavy atom. The first-order valence-electron chi connectivity index (χ1n) is 14.5. The first kappa shape index (κ1) is 30.0. The van der Waals surface area contributed by atoms with Crippen LogP contribution in [0, 0.1) is 11.8 Å². The molecule has 3 unspecified atom stereocenters. The second kappa shape index (κ2) is 20.3. The maximum absolute atomic E-state index is 12.8. The zero-order chi connectivity index (χ0) is 24.2. The van der Waals surface area contributed by atoms with Gasteiger partial charge in [0.2, 0.25) is 0 Å². The summed E-state index contributed by atoms with van der Waals surface area (Å²) in [6.45, 7) is 4.50. The molecule has 1 N–H and O–H groups in total. The van der Waals surface area contributed by atoms with Crippen LogP contribution in [0.3, 0.4) is 0 Å². The molecule has 0 aromatic heterocycles. The molecule has 0 aromatic rings. The van der Waals surface area contributed by atoms with E-state index in [0.29, 0.717) is 12.8 Å². The summed E-state index contributed by atoms with van der Waals surface area (Å²) in [6, 6.07) is 0. The first-order chi connectivity index (χ1) is 16.1. The van der Waals surface area contributed by atoms with Gasteiger partial charge in [0.25, 0.3) is 0 Å². The molecule has 0 amide bonds. The Bertz CT molecular complexity index is 490. The predicted molar refractivity (Wildman–Crippen MR) is 137 cm³/mol. The van der Waals surface area contributed by atoms with Crippen LogP contribution in [0.25, 0.3) is 0 Å². The Kier molecular flexibility index (Phi) is 18.5. The summed E-state index contributed by atoms with van der Waals surface area (Å²) in [5.74, 6) is -1.50. The zero-order valence-electron chi connectivity index (χ0n) is 22.0. The normalized spacial score (nSPS) is 19.3. The Balaban J connectivity index is 2.33. The van der Waals surface area contributed by atoms with Gasteiger partial charge < -0.3 is 9.84 Å². The van der Waals surface area contributed by atoms with Crippen molar-refractivity contribution in [1.29, 1.82) is 0 Å². The average molecular weight is 467 g/mol. The van der Waals surface area contributed by atoms with Crippen molar-refractivity contribution in [3.8, 4) is 0 Å². The van der Waals surface area contributed by atoms with E-state index in [0.717, 1.165) is 38.5 Å². The van der Waals surface area contributed by atoms with Crippen LogP contribution in [0.5, 0.6) is 0 Å². The molecule has 33 heavy (non-hydrogen) atoms. The highest BCUT2D eigenvalue weighted by Gasteiger charge is 2.32. The molecule has 0 aliphatic heterocycles. The minimum atomic E-state index is -0.763. The van der Waals surface area contributed by atoms with Crippen molar-refractivity contribution in [2.75, 3.05) is 0 Å². The lowest BCUT2D eigenvalue weighted by Crippen LogP contribution is -2.31. The molecule has 0 aromatic carbocycles. The van der Waals surface area contributed by atoms with Crippen molar-refractivity contribution in [1.82, 2.24) is 0 Å². The van der Waals surface area contributed by atoms with Crippen LogP contribution in [0.1, 0.15) is 155 Å². The quantitative estimate of drug-likeness (QED) is 0.135. The van der Waals surface area contributed by atoms with E-state index in [1.54, 1.807) is 0 Å². The Morgan fingerprint density at radius 2 is 1.12 bits per heavy atom. The van der Waals surface area contributed by atoms with Crippen LogP contribution >= 0.6 is 0 Å². The highest BCUT2D eigenvalue weighted by Crippen LogP contribution is 2.31. The number of hydrogen-bond acceptors (Lipinski definition) is 3. The summed E-state index contributed by atoms with van der Waals surface area (Å²) in [4.78, 5) is 24.2. The topological polar surface area (TPSA) is 63.6 Å². The van der Waals surface area contributed by atoms with Crippen LogP contribution in [0.15, 0.2) is 0 Å². The smallest absolute Gasteiger partial charge is 0.309 e. The van der Waals surface area contributed by atoms with Crippen molar-refractivity contribution in [2.24, 2.45) is 11.8 Å². The summed E-state index contributed by atoms with van der Waals surface area (Å²) in [7, 11) is 0. The Hall–Kier alpha value is -1.06. The third-order valence-corrected chi connectivity index (χ3v) is 7.40. The summed E-state index contributed by atoms with van der Waals surface area (Å²) < 4.78 is 6.00. The molecule has 0 spiro atoms. The molecule has 4 nitrogen and oxygen atoms in total. The third-order valence-electron chi connectivity index (χ3n) is 7.40. The van der Waals surface area contributed by atoms with Crippen LogP contribution in [-0.2, 0) is 14.3 Å². The zero-order valence-corrected chi connectivity index (χ0v) is 22.0. The van der Waals surface area contributed by atoms with Gasteiger partial charge in [-0.1, -0.05) is 110 Å². The molecular weight excluding hydrogens is 412 g/mol. The number of carbonyl (C=O) groups is 2. The number of aliphatic carboxylic acids is 1. The van der Waals surface area contributed by atoms with Crippen molar-refractivity contribution in [3.63, 3.8) is 0 Å². The SMILES string of the molecule is CCCCCCCCCCCCC(CCCCCCCC)OC(=O)C1CCCC(C(=O)O)C1. The van der Waals surface area contributed by atoms with Crippen molar-refractivity contribution < 1.29 is 19.4 Å². The number of carboxylic acid groups (broad SMARTS) is 1. The van der Waals surface area contributed by atoms with E-state index in [1.807, 2.05) is 0 Å². The summed E-state index contributed by atoms with van der Waals surface area (Å²) in [6.07, 6.45) is 25.3. The van der Waals surface area contributed by atoms with E-state index >= 15 is 0 Å². The monoisotopic (exact) mass is 466 g/mol. The summed E-state index contributed by atoms with van der Waals surface area (Å²) in [5, 5.41) is 9.33. The minimum Gasteiger partial charge on any atom is -0.481 e. The minimum absolute atomic E-state index is 0.0166. The molecule has 0 saturated heterocycles. The van der Waals surface area contributed by atoms with Crippen LogP contribution < -0.4 is 0 Å². The Morgan fingerprint density at radius 3 is 1.58 bits per heavy atom. The van der Waals surface area contributed by atoms with Crippen molar-refractivity contribution >= 4 is 11.9 Å². The molecule has 4 heteroatoms. The van der Waals surface area contributed by atoms with Crippen LogP contribution in [0.2, 0.25) is 0 Å². The Labute approximate surface area is 204 Å². The number of ether oxygens (including phenoxy) is 1. The van der Waals surface area contributed by atoms with Gasteiger partial charge in [-0.15, -0.1) is 0 Å². The molecule has 194 valence electrons. The van der Waals surface area contributed by atoms with E-state index in [4.69, 9.17) is 4.74 Å². The number of carboxylic acids is 1. The number of hydrogen-bond donors (Lipinski definition) is 1. The second-order valence-corrected chi connectivity index (χ2v) is 10.5. The molecule has 1 rings (SSSR count). The fraction of sp³-hybridized carbons (Fsp3) is 0.931. The molecule has 0 radical (unpaired) electrons. The fourth-order valence-corrected chi connectivity index (χ4v) is 5.16.